The average molecular weight is 331 g/mol. The molecular weight excluding hydrogens is 306 g/mol. The van der Waals surface area contributed by atoms with Gasteiger partial charge in [0.25, 0.3) is 0 Å². The van der Waals surface area contributed by atoms with Crippen molar-refractivity contribution in [3.63, 3.8) is 0 Å². The summed E-state index contributed by atoms with van der Waals surface area (Å²) in [6.45, 7) is 0. The zero-order valence-corrected chi connectivity index (χ0v) is 15.9. The van der Waals surface area contributed by atoms with Crippen LogP contribution in [0.4, 0.5) is 0 Å². The molecule has 0 saturated carbocycles. The predicted molar refractivity (Wildman–Crippen MR) is 93.2 cm³/mol. The van der Waals surface area contributed by atoms with E-state index in [1.807, 2.05) is 66.6 Å². The molecule has 0 aliphatic rings. The minimum absolute atomic E-state index is 0. The second kappa shape index (κ2) is 6.95. The Morgan fingerprint density at radius 1 is 0.952 bits per heavy atom. The van der Waals surface area contributed by atoms with E-state index in [1.54, 1.807) is 0 Å². The van der Waals surface area contributed by atoms with E-state index in [1.165, 1.54) is 4.85 Å². The molecule has 1 heterocycles. The molecule has 0 radical (unpaired) electrons. The fourth-order valence-corrected chi connectivity index (χ4v) is 5.22. The summed E-state index contributed by atoms with van der Waals surface area (Å²) in [6, 6.07) is 7.76. The van der Waals surface area contributed by atoms with Crippen LogP contribution >= 0.6 is 17.8 Å². The quantitative estimate of drug-likeness (QED) is 0.770. The van der Waals surface area contributed by atoms with Crippen LogP contribution in [0, 0.1) is 0 Å². The van der Waals surface area contributed by atoms with Crippen LogP contribution in [0.1, 0.15) is 0 Å². The molecule has 0 fully saturated rings. The van der Waals surface area contributed by atoms with E-state index in [-0.39, 0.29) is 9.90 Å². The van der Waals surface area contributed by atoms with Gasteiger partial charge >= 0.3 is 7.94 Å². The van der Waals surface area contributed by atoms with Crippen LogP contribution in [0.3, 0.4) is 0 Å². The van der Waals surface area contributed by atoms with Gasteiger partial charge in [0.1, 0.15) is 11.0 Å². The van der Waals surface area contributed by atoms with E-state index in [2.05, 4.69) is 24.3 Å². The Morgan fingerprint density at radius 2 is 1.48 bits per heavy atom. The molecule has 0 spiro atoms. The maximum Gasteiger partial charge on any atom is 0.449 e. The van der Waals surface area contributed by atoms with E-state index in [4.69, 9.17) is 4.62 Å². The number of benzene rings is 1. The summed E-state index contributed by atoms with van der Waals surface area (Å²) in [5.74, 6) is 0. The summed E-state index contributed by atoms with van der Waals surface area (Å²) in [4.78, 5) is 1.52. The van der Waals surface area contributed by atoms with Gasteiger partial charge in [0, 0.05) is 42.3 Å². The van der Waals surface area contributed by atoms with Crippen molar-refractivity contribution >= 4 is 28.9 Å². The lowest BCUT2D eigenvalue weighted by Crippen LogP contribution is -2.42. The number of hydrogen-bond donors (Lipinski definition) is 0. The molecule has 118 valence electrons. The summed E-state index contributed by atoms with van der Waals surface area (Å²) in [5.41, 5.74) is 1.68. The molecule has 2 aromatic rings. The highest BCUT2D eigenvalue weighted by molar-refractivity contribution is 7.64. The number of aromatic nitrogens is 3. The third kappa shape index (κ3) is 3.17. The summed E-state index contributed by atoms with van der Waals surface area (Å²) >= 11 is 0. The van der Waals surface area contributed by atoms with Gasteiger partial charge in [-0.3, -0.25) is 0 Å². The van der Waals surface area contributed by atoms with Crippen LogP contribution in [0.2, 0.25) is 0 Å². The van der Waals surface area contributed by atoms with Gasteiger partial charge in [-0.2, -0.15) is 14.5 Å². The minimum Gasteiger partial charge on any atom is -0.183 e. The van der Waals surface area contributed by atoms with E-state index in [9.17, 15) is 0 Å². The zero-order valence-electron chi connectivity index (χ0n) is 13.6. The molecule has 0 aliphatic heterocycles. The molecule has 9 heteroatoms. The molecule has 1 aromatic carbocycles. The molecule has 1 aromatic heterocycles. The second-order valence-electron chi connectivity index (χ2n) is 5.09. The Balaban J connectivity index is 0.00000220. The summed E-state index contributed by atoms with van der Waals surface area (Å²) in [6.07, 6.45) is 0. The van der Waals surface area contributed by atoms with Gasteiger partial charge in [-0.15, -0.1) is 19.1 Å². The minimum atomic E-state index is -2.14. The van der Waals surface area contributed by atoms with Gasteiger partial charge in [0.2, 0.25) is 0 Å². The highest BCUT2D eigenvalue weighted by atomic mass is 31.2. The van der Waals surface area contributed by atoms with Crippen molar-refractivity contribution in [2.45, 2.75) is 0 Å². The fourth-order valence-electron chi connectivity index (χ4n) is 2.30. The molecule has 1 atom stereocenters. The lowest BCUT2D eigenvalue weighted by atomic mass is 10.3. The summed E-state index contributed by atoms with van der Waals surface area (Å²) < 4.78 is 12.5. The zero-order chi connectivity index (χ0) is 14.9. The molecule has 0 amide bonds. The molecule has 2 rings (SSSR count). The predicted octanol–water partition coefficient (Wildman–Crippen LogP) is 1.28. The number of fused-ring (bicyclic) bond motifs is 1. The van der Waals surface area contributed by atoms with E-state index in [0.29, 0.717) is 0 Å². The first-order valence-electron chi connectivity index (χ1n) is 6.32. The Hall–Kier alpha value is -0.840. The molecule has 1 unspecified atom stereocenters. The summed E-state index contributed by atoms with van der Waals surface area (Å²) in [7, 11) is 9.90. The topological polar surface area (TPSA) is 49.7 Å². The fraction of sp³-hybridized carbons (Fsp3) is 0.500. The Morgan fingerprint density at radius 3 is 2.00 bits per heavy atom. The average Bonchev–Trinajstić information content (AvgIpc) is 2.77. The van der Waals surface area contributed by atoms with Crippen LogP contribution in [-0.2, 0) is 0 Å². The highest BCUT2D eigenvalue weighted by Crippen LogP contribution is 2.61. The Kier molecular flexibility index (Phi) is 6.02. The molecule has 7 nitrogen and oxygen atoms in total. The molecule has 0 N–H and O–H groups in total. The normalized spacial score (nSPS) is 12.2. The monoisotopic (exact) mass is 331 g/mol. The van der Waals surface area contributed by atoms with Crippen molar-refractivity contribution in [1.29, 1.82) is 0 Å². The van der Waals surface area contributed by atoms with E-state index < -0.39 is 7.94 Å². The van der Waals surface area contributed by atoms with E-state index in [0.717, 1.165) is 11.0 Å². The van der Waals surface area contributed by atoms with Crippen molar-refractivity contribution in [3.05, 3.63) is 24.3 Å². The molecule has 21 heavy (non-hydrogen) atoms. The lowest BCUT2D eigenvalue weighted by Gasteiger charge is -2.35. The highest BCUT2D eigenvalue weighted by Gasteiger charge is 2.54. The Labute approximate surface area is 130 Å². The van der Waals surface area contributed by atoms with Gasteiger partial charge in [-0.25, -0.2) is 0 Å². The molecule has 0 saturated heterocycles. The Bertz CT molecular complexity index is 564. The maximum absolute atomic E-state index is 6.27. The standard InChI is InChI=1S/C12H22N6OP.H3P/c1-15(2)20(16(3)4,17(5)6)19-18-12-10-8-7-9-11(12)13-14-18;/h7-10H,1-6H3;1H3/q+1;. The first-order chi connectivity index (χ1) is 9.39. The van der Waals surface area contributed by atoms with Gasteiger partial charge in [-0.05, 0) is 22.2 Å². The van der Waals surface area contributed by atoms with Gasteiger partial charge in [0.05, 0.1) is 0 Å². The van der Waals surface area contributed by atoms with Crippen LogP contribution in [-0.4, -0.2) is 71.5 Å². The molecular formula is C12H25N6OP2+. The second-order valence-corrected chi connectivity index (χ2v) is 8.68. The van der Waals surface area contributed by atoms with Gasteiger partial charge in [0.15, 0.2) is 0 Å². The van der Waals surface area contributed by atoms with Gasteiger partial charge < -0.3 is 0 Å². The van der Waals surface area contributed by atoms with Crippen LogP contribution in [0.15, 0.2) is 24.3 Å². The van der Waals surface area contributed by atoms with Gasteiger partial charge in [-0.1, -0.05) is 12.1 Å². The van der Waals surface area contributed by atoms with Crippen molar-refractivity contribution in [2.24, 2.45) is 0 Å². The third-order valence-electron chi connectivity index (χ3n) is 3.07. The third-order valence-corrected chi connectivity index (χ3v) is 6.57. The van der Waals surface area contributed by atoms with Crippen LogP contribution < -0.4 is 4.62 Å². The van der Waals surface area contributed by atoms with Crippen molar-refractivity contribution in [2.75, 3.05) is 42.3 Å². The number of para-hydroxylation sites is 1. The molecule has 0 aliphatic carbocycles. The molecule has 0 bridgehead atoms. The van der Waals surface area contributed by atoms with Crippen LogP contribution in [0.25, 0.3) is 11.0 Å². The number of rotatable bonds is 5. The number of hydrogen-bond acceptors (Lipinski definition) is 6. The first kappa shape index (κ1) is 18.2. The van der Waals surface area contributed by atoms with Crippen molar-refractivity contribution in [3.8, 4) is 0 Å². The van der Waals surface area contributed by atoms with Crippen LogP contribution in [0.5, 0.6) is 0 Å². The maximum atomic E-state index is 6.27. The van der Waals surface area contributed by atoms with E-state index >= 15 is 0 Å². The van der Waals surface area contributed by atoms with Crippen molar-refractivity contribution in [1.82, 2.24) is 29.2 Å². The smallest absolute Gasteiger partial charge is 0.183 e. The number of nitrogens with zero attached hydrogens (tertiary/aromatic N) is 6. The van der Waals surface area contributed by atoms with Crippen molar-refractivity contribution < 1.29 is 4.62 Å². The largest absolute Gasteiger partial charge is 0.449 e. The SMILES string of the molecule is CN(C)[P+](On1nnc2ccccc21)(N(C)C)N(C)C.P. The lowest BCUT2D eigenvalue weighted by molar-refractivity contribution is 0.189. The first-order valence-corrected chi connectivity index (χ1v) is 7.89. The summed E-state index contributed by atoms with van der Waals surface area (Å²) in [5, 5.41) is 8.25.